The lowest BCUT2D eigenvalue weighted by Crippen LogP contribution is -2.23. The molecule has 0 bridgehead atoms. The topological polar surface area (TPSA) is 51.2 Å². The number of hydrogen-bond acceptors (Lipinski definition) is 3. The summed E-state index contributed by atoms with van der Waals surface area (Å²) in [5, 5.41) is 2.81. The summed E-state index contributed by atoms with van der Waals surface area (Å²) in [6.07, 6.45) is 1.70. The van der Waals surface area contributed by atoms with Crippen molar-refractivity contribution in [2.24, 2.45) is 0 Å². The Morgan fingerprint density at radius 3 is 2.89 bits per heavy atom. The highest BCUT2D eigenvalue weighted by Gasteiger charge is 2.06. The van der Waals surface area contributed by atoms with Crippen molar-refractivity contribution in [2.75, 3.05) is 7.11 Å². The maximum Gasteiger partial charge on any atom is 0.251 e. The number of pyridine rings is 1. The largest absolute Gasteiger partial charge is 0.497 e. The van der Waals surface area contributed by atoms with Crippen molar-refractivity contribution in [2.45, 2.75) is 6.54 Å². The van der Waals surface area contributed by atoms with E-state index in [1.165, 1.54) is 0 Å². The normalized spacial score (nSPS) is 9.83. The fourth-order valence-corrected chi connectivity index (χ4v) is 1.54. The molecule has 0 saturated heterocycles. The van der Waals surface area contributed by atoms with E-state index in [-0.39, 0.29) is 5.91 Å². The number of nitrogens with zero attached hydrogens (tertiary/aromatic N) is 1. The molecule has 1 heterocycles. The van der Waals surface area contributed by atoms with Crippen molar-refractivity contribution in [1.82, 2.24) is 10.3 Å². The summed E-state index contributed by atoms with van der Waals surface area (Å²) in [6, 6.07) is 12.6. The van der Waals surface area contributed by atoms with Crippen LogP contribution in [0.3, 0.4) is 0 Å². The second kappa shape index (κ2) is 5.82. The molecule has 0 saturated carbocycles. The number of methoxy groups -OCH3 is 1. The highest BCUT2D eigenvalue weighted by molar-refractivity contribution is 5.94. The molecule has 2 rings (SSSR count). The van der Waals surface area contributed by atoms with Gasteiger partial charge in [-0.25, -0.2) is 0 Å². The number of amides is 1. The minimum atomic E-state index is -0.139. The molecule has 0 aliphatic carbocycles. The molecule has 2 aromatic rings. The van der Waals surface area contributed by atoms with E-state index in [9.17, 15) is 4.79 Å². The van der Waals surface area contributed by atoms with Crippen LogP contribution in [0.2, 0.25) is 0 Å². The Labute approximate surface area is 106 Å². The van der Waals surface area contributed by atoms with Crippen molar-refractivity contribution < 1.29 is 9.53 Å². The number of carbonyl (C=O) groups is 1. The number of hydrogen-bond donors (Lipinski definition) is 1. The van der Waals surface area contributed by atoms with Crippen molar-refractivity contribution in [3.63, 3.8) is 0 Å². The Kier molecular flexibility index (Phi) is 3.91. The van der Waals surface area contributed by atoms with Gasteiger partial charge in [0.2, 0.25) is 0 Å². The van der Waals surface area contributed by atoms with Crippen LogP contribution in [0.1, 0.15) is 16.1 Å². The molecule has 1 N–H and O–H groups in total. The summed E-state index contributed by atoms with van der Waals surface area (Å²) in [7, 11) is 1.57. The van der Waals surface area contributed by atoms with E-state index in [4.69, 9.17) is 4.74 Å². The number of rotatable bonds is 4. The fourth-order valence-electron chi connectivity index (χ4n) is 1.54. The molecule has 1 aromatic heterocycles. The predicted molar refractivity (Wildman–Crippen MR) is 68.4 cm³/mol. The quantitative estimate of drug-likeness (QED) is 0.892. The molecule has 0 aliphatic heterocycles. The van der Waals surface area contributed by atoms with Crippen molar-refractivity contribution in [1.29, 1.82) is 0 Å². The molecule has 1 amide bonds. The first kappa shape index (κ1) is 12.1. The van der Waals surface area contributed by atoms with Crippen LogP contribution >= 0.6 is 0 Å². The Morgan fingerprint density at radius 2 is 2.17 bits per heavy atom. The fraction of sp³-hybridized carbons (Fsp3) is 0.143. The predicted octanol–water partition coefficient (Wildman–Crippen LogP) is 2.02. The minimum Gasteiger partial charge on any atom is -0.497 e. The van der Waals surface area contributed by atoms with Crippen LogP contribution < -0.4 is 10.1 Å². The maximum atomic E-state index is 11.9. The van der Waals surface area contributed by atoms with E-state index in [2.05, 4.69) is 10.3 Å². The van der Waals surface area contributed by atoms with E-state index in [0.29, 0.717) is 17.9 Å². The molecule has 18 heavy (non-hydrogen) atoms. The van der Waals surface area contributed by atoms with Crippen molar-refractivity contribution in [3.8, 4) is 5.75 Å². The van der Waals surface area contributed by atoms with Gasteiger partial charge in [-0.3, -0.25) is 9.78 Å². The van der Waals surface area contributed by atoms with Crippen LogP contribution in [-0.2, 0) is 6.54 Å². The van der Waals surface area contributed by atoms with E-state index in [1.807, 2.05) is 18.2 Å². The summed E-state index contributed by atoms with van der Waals surface area (Å²) >= 11 is 0. The van der Waals surface area contributed by atoms with Crippen molar-refractivity contribution >= 4 is 5.91 Å². The zero-order valence-corrected chi connectivity index (χ0v) is 10.1. The summed E-state index contributed by atoms with van der Waals surface area (Å²) < 4.78 is 5.08. The SMILES string of the molecule is COc1cccc(C(=O)NCc2ccccn2)c1. The first-order valence-electron chi connectivity index (χ1n) is 5.62. The summed E-state index contributed by atoms with van der Waals surface area (Å²) in [4.78, 5) is 16.0. The first-order valence-corrected chi connectivity index (χ1v) is 5.62. The van der Waals surface area contributed by atoms with Gasteiger partial charge in [0.15, 0.2) is 0 Å². The number of aromatic nitrogens is 1. The molecule has 0 fully saturated rings. The van der Waals surface area contributed by atoms with Gasteiger partial charge in [-0.2, -0.15) is 0 Å². The second-order valence-corrected chi connectivity index (χ2v) is 3.74. The van der Waals surface area contributed by atoms with Gasteiger partial charge in [-0.1, -0.05) is 12.1 Å². The lowest BCUT2D eigenvalue weighted by atomic mass is 10.2. The number of carbonyl (C=O) groups excluding carboxylic acids is 1. The van der Waals surface area contributed by atoms with Gasteiger partial charge in [-0.15, -0.1) is 0 Å². The molecule has 0 unspecified atom stereocenters. The summed E-state index contributed by atoms with van der Waals surface area (Å²) in [5.41, 5.74) is 1.40. The molecule has 0 aliphatic rings. The molecular formula is C14H14N2O2. The van der Waals surface area contributed by atoms with Crippen LogP contribution in [0.25, 0.3) is 0 Å². The summed E-state index contributed by atoms with van der Waals surface area (Å²) in [5.74, 6) is 0.528. The second-order valence-electron chi connectivity index (χ2n) is 3.74. The van der Waals surface area contributed by atoms with Gasteiger partial charge in [0.25, 0.3) is 5.91 Å². The van der Waals surface area contributed by atoms with E-state index in [1.54, 1.807) is 37.6 Å². The third-order valence-electron chi connectivity index (χ3n) is 2.49. The highest BCUT2D eigenvalue weighted by Crippen LogP contribution is 2.12. The van der Waals surface area contributed by atoms with Gasteiger partial charge in [0.05, 0.1) is 19.3 Å². The van der Waals surface area contributed by atoms with E-state index < -0.39 is 0 Å². The van der Waals surface area contributed by atoms with Gasteiger partial charge < -0.3 is 10.1 Å². The van der Waals surface area contributed by atoms with E-state index >= 15 is 0 Å². The average molecular weight is 242 g/mol. The van der Waals surface area contributed by atoms with Crippen LogP contribution in [0.5, 0.6) is 5.75 Å². The standard InChI is InChI=1S/C14H14N2O2/c1-18-13-7-4-5-11(9-13)14(17)16-10-12-6-2-3-8-15-12/h2-9H,10H2,1H3,(H,16,17). The third-order valence-corrected chi connectivity index (χ3v) is 2.49. The Bertz CT molecular complexity index is 526. The van der Waals surface area contributed by atoms with E-state index in [0.717, 1.165) is 5.69 Å². The van der Waals surface area contributed by atoms with Gasteiger partial charge in [-0.05, 0) is 30.3 Å². The third kappa shape index (κ3) is 3.07. The Hall–Kier alpha value is -2.36. The van der Waals surface area contributed by atoms with Crippen LogP contribution in [-0.4, -0.2) is 18.0 Å². The zero-order chi connectivity index (χ0) is 12.8. The number of ether oxygens (including phenoxy) is 1. The highest BCUT2D eigenvalue weighted by atomic mass is 16.5. The smallest absolute Gasteiger partial charge is 0.251 e. The molecule has 0 spiro atoms. The summed E-state index contributed by atoms with van der Waals surface area (Å²) in [6.45, 7) is 0.414. The van der Waals surface area contributed by atoms with Gasteiger partial charge >= 0.3 is 0 Å². The average Bonchev–Trinajstić information content (AvgIpc) is 2.46. The molecular weight excluding hydrogens is 228 g/mol. The molecule has 1 aromatic carbocycles. The Balaban J connectivity index is 1.99. The van der Waals surface area contributed by atoms with Crippen molar-refractivity contribution in [3.05, 3.63) is 59.9 Å². The van der Waals surface area contributed by atoms with Crippen LogP contribution in [0.4, 0.5) is 0 Å². The van der Waals surface area contributed by atoms with Crippen LogP contribution in [0.15, 0.2) is 48.7 Å². The molecule has 0 atom stereocenters. The minimum absolute atomic E-state index is 0.139. The Morgan fingerprint density at radius 1 is 1.28 bits per heavy atom. The van der Waals surface area contributed by atoms with Crippen LogP contribution in [0, 0.1) is 0 Å². The number of nitrogens with one attached hydrogen (secondary N) is 1. The number of benzene rings is 1. The molecule has 0 radical (unpaired) electrons. The zero-order valence-electron chi connectivity index (χ0n) is 10.1. The molecule has 4 nitrogen and oxygen atoms in total. The molecule has 4 heteroatoms. The first-order chi connectivity index (χ1) is 8.79. The lowest BCUT2D eigenvalue weighted by molar-refractivity contribution is 0.0950. The maximum absolute atomic E-state index is 11.9. The molecule has 92 valence electrons. The lowest BCUT2D eigenvalue weighted by Gasteiger charge is -2.06. The van der Waals surface area contributed by atoms with Gasteiger partial charge in [0, 0.05) is 11.8 Å². The van der Waals surface area contributed by atoms with Gasteiger partial charge in [0.1, 0.15) is 5.75 Å². The monoisotopic (exact) mass is 242 g/mol.